The van der Waals surface area contributed by atoms with Gasteiger partial charge in [0.15, 0.2) is 0 Å². The van der Waals surface area contributed by atoms with E-state index in [0.717, 1.165) is 45.3 Å². The molecule has 1 aliphatic heterocycles. The van der Waals surface area contributed by atoms with Crippen LogP contribution in [0.4, 0.5) is 0 Å². The molecule has 2 N–H and O–H groups in total. The summed E-state index contributed by atoms with van der Waals surface area (Å²) >= 11 is 0. The molecule has 1 aliphatic carbocycles. The molecule has 5 nitrogen and oxygen atoms in total. The van der Waals surface area contributed by atoms with Gasteiger partial charge in [0.05, 0.1) is 6.42 Å². The Labute approximate surface area is 186 Å². The molecule has 1 aromatic rings. The van der Waals surface area contributed by atoms with Crippen LogP contribution in [0.3, 0.4) is 0 Å². The lowest BCUT2D eigenvalue weighted by molar-refractivity contribution is -0.139. The van der Waals surface area contributed by atoms with Crippen LogP contribution < -0.4 is 0 Å². The number of phenolic OH excluding ortho intramolecular Hbond substituents is 1. The molecule has 3 unspecified atom stereocenters. The van der Waals surface area contributed by atoms with E-state index in [1.165, 1.54) is 24.8 Å². The van der Waals surface area contributed by atoms with Crippen molar-refractivity contribution >= 4 is 11.8 Å². The van der Waals surface area contributed by atoms with Crippen molar-refractivity contribution in [2.45, 2.75) is 77.0 Å². The number of aromatic hydroxyl groups is 1. The molecule has 0 spiro atoms. The van der Waals surface area contributed by atoms with Gasteiger partial charge in [0.25, 0.3) is 0 Å². The van der Waals surface area contributed by atoms with Gasteiger partial charge in [0, 0.05) is 18.9 Å². The lowest BCUT2D eigenvalue weighted by atomic mass is 9.68. The van der Waals surface area contributed by atoms with Crippen molar-refractivity contribution in [3.05, 3.63) is 29.8 Å². The highest BCUT2D eigenvalue weighted by molar-refractivity contribution is 5.84. The van der Waals surface area contributed by atoms with Crippen molar-refractivity contribution in [1.29, 1.82) is 0 Å². The zero-order valence-corrected chi connectivity index (χ0v) is 19.2. The van der Waals surface area contributed by atoms with E-state index in [9.17, 15) is 14.7 Å². The summed E-state index contributed by atoms with van der Waals surface area (Å²) in [6, 6.07) is 7.66. The second kappa shape index (κ2) is 10.6. The third kappa shape index (κ3) is 6.09. The van der Waals surface area contributed by atoms with E-state index < -0.39 is 5.97 Å². The molecule has 31 heavy (non-hydrogen) atoms. The summed E-state index contributed by atoms with van der Waals surface area (Å²) in [7, 11) is 0. The first-order valence-electron chi connectivity index (χ1n) is 12.1. The zero-order valence-electron chi connectivity index (χ0n) is 19.2. The van der Waals surface area contributed by atoms with E-state index >= 15 is 0 Å². The highest BCUT2D eigenvalue weighted by Gasteiger charge is 2.38. The van der Waals surface area contributed by atoms with Crippen molar-refractivity contribution in [1.82, 2.24) is 4.90 Å². The molecule has 1 heterocycles. The summed E-state index contributed by atoms with van der Waals surface area (Å²) in [5.74, 6) is 0.474. The van der Waals surface area contributed by atoms with Crippen LogP contribution in [0.2, 0.25) is 0 Å². The van der Waals surface area contributed by atoms with Gasteiger partial charge in [-0.15, -0.1) is 0 Å². The highest BCUT2D eigenvalue weighted by Crippen LogP contribution is 2.41. The number of phenols is 1. The van der Waals surface area contributed by atoms with Crippen LogP contribution in [0.5, 0.6) is 5.75 Å². The average molecular weight is 430 g/mol. The first kappa shape index (κ1) is 23.8. The van der Waals surface area contributed by atoms with Gasteiger partial charge in [-0.3, -0.25) is 9.59 Å². The summed E-state index contributed by atoms with van der Waals surface area (Å²) in [5, 5.41) is 18.9. The first-order chi connectivity index (χ1) is 14.8. The van der Waals surface area contributed by atoms with Crippen molar-refractivity contribution in [2.75, 3.05) is 19.6 Å². The topological polar surface area (TPSA) is 77.8 Å². The van der Waals surface area contributed by atoms with E-state index in [1.807, 2.05) is 12.1 Å². The Balaban J connectivity index is 1.60. The number of carboxylic acid groups (broad SMARTS) is 1. The minimum atomic E-state index is -0.883. The van der Waals surface area contributed by atoms with E-state index in [0.29, 0.717) is 17.6 Å². The molecular formula is C26H39NO4. The number of Topliss-reactive ketones (excluding diaryl/α,β-unsaturated/α-hetero) is 1. The van der Waals surface area contributed by atoms with Gasteiger partial charge in [-0.25, -0.2) is 0 Å². The Kier molecular flexibility index (Phi) is 8.15. The smallest absolute Gasteiger partial charge is 0.303 e. The van der Waals surface area contributed by atoms with E-state index in [4.69, 9.17) is 5.11 Å². The van der Waals surface area contributed by atoms with E-state index in [2.05, 4.69) is 24.8 Å². The van der Waals surface area contributed by atoms with Crippen LogP contribution in [0.25, 0.3) is 0 Å². The second-order valence-electron chi connectivity index (χ2n) is 10.1. The van der Waals surface area contributed by atoms with Crippen LogP contribution in [0.15, 0.2) is 24.3 Å². The molecule has 5 heteroatoms. The molecule has 1 saturated heterocycles. The summed E-state index contributed by atoms with van der Waals surface area (Å²) in [6.07, 6.45) is 7.84. The Morgan fingerprint density at radius 3 is 2.58 bits per heavy atom. The number of ketones is 1. The van der Waals surface area contributed by atoms with Crippen LogP contribution in [0, 0.1) is 17.8 Å². The summed E-state index contributed by atoms with van der Waals surface area (Å²) in [6.45, 7) is 7.45. The third-order valence-electron chi connectivity index (χ3n) is 8.05. The minimum absolute atomic E-state index is 0.00865. The maximum absolute atomic E-state index is 12.9. The number of hydrogen-bond acceptors (Lipinski definition) is 4. The normalized spacial score (nSPS) is 26.5. The Morgan fingerprint density at radius 2 is 1.94 bits per heavy atom. The van der Waals surface area contributed by atoms with Gasteiger partial charge >= 0.3 is 5.97 Å². The van der Waals surface area contributed by atoms with Crippen LogP contribution >= 0.6 is 0 Å². The molecule has 3 atom stereocenters. The van der Waals surface area contributed by atoms with Crippen molar-refractivity contribution in [2.24, 2.45) is 17.8 Å². The fourth-order valence-corrected chi connectivity index (χ4v) is 5.74. The number of carbonyl (C=O) groups is 2. The molecule has 2 aliphatic rings. The lowest BCUT2D eigenvalue weighted by Gasteiger charge is -2.45. The molecule has 0 amide bonds. The number of benzene rings is 1. The SMILES string of the molecule is CC1CN(CCC(C(=O)CCC(=O)O)C2CCCCC2)CCC1(C)c1cccc(O)c1. The molecular weight excluding hydrogens is 390 g/mol. The summed E-state index contributed by atoms with van der Waals surface area (Å²) in [5.41, 5.74) is 1.23. The van der Waals surface area contributed by atoms with Gasteiger partial charge < -0.3 is 15.1 Å². The van der Waals surface area contributed by atoms with Crippen LogP contribution in [-0.2, 0) is 15.0 Å². The number of hydrogen-bond donors (Lipinski definition) is 2. The number of carboxylic acids is 1. The molecule has 2 fully saturated rings. The summed E-state index contributed by atoms with van der Waals surface area (Å²) < 4.78 is 0. The lowest BCUT2D eigenvalue weighted by Crippen LogP contribution is -2.48. The highest BCUT2D eigenvalue weighted by atomic mass is 16.4. The predicted octanol–water partition coefficient (Wildman–Crippen LogP) is 5.01. The fourth-order valence-electron chi connectivity index (χ4n) is 5.74. The maximum atomic E-state index is 12.9. The monoisotopic (exact) mass is 429 g/mol. The molecule has 1 saturated carbocycles. The van der Waals surface area contributed by atoms with Crippen molar-refractivity contribution in [3.63, 3.8) is 0 Å². The molecule has 1 aromatic carbocycles. The predicted molar refractivity (Wildman–Crippen MR) is 122 cm³/mol. The second-order valence-corrected chi connectivity index (χ2v) is 10.1. The van der Waals surface area contributed by atoms with Gasteiger partial charge in [-0.2, -0.15) is 0 Å². The fraction of sp³-hybridized carbons (Fsp3) is 0.692. The molecule has 0 radical (unpaired) electrons. The van der Waals surface area contributed by atoms with Crippen LogP contribution in [-0.4, -0.2) is 46.5 Å². The number of piperidine rings is 1. The summed E-state index contributed by atoms with van der Waals surface area (Å²) in [4.78, 5) is 26.3. The van der Waals surface area contributed by atoms with Crippen LogP contribution in [0.1, 0.15) is 77.2 Å². The number of rotatable bonds is 9. The number of nitrogens with zero attached hydrogens (tertiary/aromatic N) is 1. The zero-order chi connectivity index (χ0) is 22.4. The van der Waals surface area contributed by atoms with Gasteiger partial charge in [0.1, 0.15) is 11.5 Å². The third-order valence-corrected chi connectivity index (χ3v) is 8.05. The largest absolute Gasteiger partial charge is 0.508 e. The standard InChI is InChI=1S/C26H39NO4/c1-19-18-27(16-14-26(19,2)21-9-6-10-22(28)17-21)15-13-23(20-7-4-3-5-8-20)24(29)11-12-25(30)31/h6,9-10,17,19-20,23,28H,3-5,7-8,11-16,18H2,1-2H3,(H,30,31). The Morgan fingerprint density at radius 1 is 1.19 bits per heavy atom. The molecule has 172 valence electrons. The minimum Gasteiger partial charge on any atom is -0.508 e. The first-order valence-corrected chi connectivity index (χ1v) is 12.1. The van der Waals surface area contributed by atoms with Gasteiger partial charge in [-0.1, -0.05) is 45.2 Å². The Bertz CT molecular complexity index is 758. The molecule has 0 aromatic heterocycles. The quantitative estimate of drug-likeness (QED) is 0.577. The average Bonchev–Trinajstić information content (AvgIpc) is 2.75. The van der Waals surface area contributed by atoms with Crippen molar-refractivity contribution < 1.29 is 19.8 Å². The van der Waals surface area contributed by atoms with Crippen molar-refractivity contribution in [3.8, 4) is 5.75 Å². The van der Waals surface area contributed by atoms with Gasteiger partial charge in [0.2, 0.25) is 0 Å². The molecule has 0 bridgehead atoms. The number of aliphatic carboxylic acids is 1. The van der Waals surface area contributed by atoms with Gasteiger partial charge in [-0.05, 0) is 73.7 Å². The maximum Gasteiger partial charge on any atom is 0.303 e. The number of carbonyl (C=O) groups excluding carboxylic acids is 1. The van der Waals surface area contributed by atoms with E-state index in [-0.39, 0.29) is 30.0 Å². The molecule has 3 rings (SSSR count). The number of likely N-dealkylation sites (tertiary alicyclic amines) is 1. The Hall–Kier alpha value is -1.88. The van der Waals surface area contributed by atoms with E-state index in [1.54, 1.807) is 6.07 Å².